The first-order chi connectivity index (χ1) is 16.7. The molecule has 4 aliphatic rings. The molecule has 0 unspecified atom stereocenters. The molecule has 3 aromatic carbocycles. The number of likely N-dealkylation sites (tertiary alicyclic amines) is 1. The number of nitrogens with one attached hydrogen (secondary N) is 1. The van der Waals surface area contributed by atoms with Crippen molar-refractivity contribution >= 4 is 46.6 Å². The predicted octanol–water partition coefficient (Wildman–Crippen LogP) is 4.84. The minimum absolute atomic E-state index is 0.398. The minimum atomic E-state index is -1.25. The van der Waals surface area contributed by atoms with Crippen LogP contribution in [-0.2, 0) is 24.1 Å². The van der Waals surface area contributed by atoms with E-state index in [-0.39, 0.29) is 0 Å². The highest BCUT2D eigenvalue weighted by Crippen LogP contribution is 2.69. The first kappa shape index (κ1) is 22.3. The number of nitrogens with zero attached hydrogens (tertiary/aromatic N) is 1. The number of aryl methyl sites for hydroxylation is 2. The standard InChI is InChI=1S/C28H22Cl2N2O3/c1-15-11-12-16(2)21(13-15)31-22(33)14-32-25(34)23-24(26(32)35)28(30)18-8-4-3-7-17(18)27(23,29)19-9-5-6-10-20(19)28/h3-13,23-24H,14H2,1-2H3,(H,31,33)/t23-,24+,27?,28?. The van der Waals surface area contributed by atoms with Crippen molar-refractivity contribution in [1.82, 2.24) is 4.90 Å². The smallest absolute Gasteiger partial charge is 0.244 e. The van der Waals surface area contributed by atoms with Crippen LogP contribution in [0.1, 0.15) is 33.4 Å². The molecule has 1 heterocycles. The van der Waals surface area contributed by atoms with E-state index in [2.05, 4.69) is 5.32 Å². The van der Waals surface area contributed by atoms with Gasteiger partial charge >= 0.3 is 0 Å². The second kappa shape index (κ2) is 7.42. The highest BCUT2D eigenvalue weighted by molar-refractivity contribution is 6.36. The number of alkyl halides is 2. The quantitative estimate of drug-likeness (QED) is 0.410. The summed E-state index contributed by atoms with van der Waals surface area (Å²) in [7, 11) is 0. The van der Waals surface area contributed by atoms with E-state index >= 15 is 0 Å². The van der Waals surface area contributed by atoms with Crippen molar-refractivity contribution in [2.45, 2.75) is 23.6 Å². The molecule has 5 nitrogen and oxygen atoms in total. The van der Waals surface area contributed by atoms with E-state index in [1.54, 1.807) is 0 Å². The van der Waals surface area contributed by atoms with Gasteiger partial charge in [0.25, 0.3) is 0 Å². The number of rotatable bonds is 3. The first-order valence-corrected chi connectivity index (χ1v) is 12.2. The zero-order chi connectivity index (χ0) is 24.7. The lowest BCUT2D eigenvalue weighted by Crippen LogP contribution is -2.57. The molecule has 0 radical (unpaired) electrons. The van der Waals surface area contributed by atoms with Crippen LogP contribution in [0.3, 0.4) is 0 Å². The lowest BCUT2D eigenvalue weighted by atomic mass is 9.54. The van der Waals surface area contributed by atoms with Gasteiger partial charge in [-0.15, -0.1) is 23.2 Å². The summed E-state index contributed by atoms with van der Waals surface area (Å²) in [4.78, 5) is 39.1. The molecule has 35 heavy (non-hydrogen) atoms. The van der Waals surface area contributed by atoms with Crippen LogP contribution in [0, 0.1) is 25.7 Å². The maximum Gasteiger partial charge on any atom is 0.244 e. The molecule has 3 aromatic rings. The molecule has 1 saturated heterocycles. The Bertz CT molecular complexity index is 1330. The number of hydrogen-bond acceptors (Lipinski definition) is 3. The summed E-state index contributed by atoms with van der Waals surface area (Å²) < 4.78 is 0. The van der Waals surface area contributed by atoms with Gasteiger partial charge in [0, 0.05) is 5.69 Å². The largest absolute Gasteiger partial charge is 0.324 e. The summed E-state index contributed by atoms with van der Waals surface area (Å²) in [5.41, 5.74) is 5.47. The number of carbonyl (C=O) groups is 3. The molecule has 2 bridgehead atoms. The lowest BCUT2D eigenvalue weighted by molar-refractivity contribution is -0.142. The normalized spacial score (nSPS) is 27.9. The van der Waals surface area contributed by atoms with E-state index in [9.17, 15) is 14.4 Å². The van der Waals surface area contributed by atoms with Gasteiger partial charge in [-0.1, -0.05) is 60.7 Å². The molecule has 3 amide bonds. The van der Waals surface area contributed by atoms with Crippen LogP contribution in [0.2, 0.25) is 0 Å². The summed E-state index contributed by atoms with van der Waals surface area (Å²) >= 11 is 14.8. The monoisotopic (exact) mass is 504 g/mol. The highest BCUT2D eigenvalue weighted by atomic mass is 35.5. The third kappa shape index (κ3) is 2.79. The van der Waals surface area contributed by atoms with Gasteiger partial charge < -0.3 is 5.32 Å². The van der Waals surface area contributed by atoms with Crippen LogP contribution in [0.15, 0.2) is 66.7 Å². The maximum atomic E-state index is 13.8. The van der Waals surface area contributed by atoms with Crippen molar-refractivity contribution in [3.63, 3.8) is 0 Å². The van der Waals surface area contributed by atoms with Crippen molar-refractivity contribution in [3.05, 3.63) is 100 Å². The molecule has 176 valence electrons. The predicted molar refractivity (Wildman–Crippen MR) is 134 cm³/mol. The summed E-state index contributed by atoms with van der Waals surface area (Å²) in [6.45, 7) is 3.42. The number of carbonyl (C=O) groups excluding carboxylic acids is 3. The highest BCUT2D eigenvalue weighted by Gasteiger charge is 2.73. The number of amides is 3. The van der Waals surface area contributed by atoms with Crippen LogP contribution >= 0.6 is 23.2 Å². The molecule has 3 aliphatic carbocycles. The van der Waals surface area contributed by atoms with Crippen molar-refractivity contribution in [1.29, 1.82) is 0 Å². The van der Waals surface area contributed by atoms with Gasteiger partial charge in [-0.3, -0.25) is 19.3 Å². The molecule has 2 atom stereocenters. The van der Waals surface area contributed by atoms with Crippen molar-refractivity contribution < 1.29 is 14.4 Å². The van der Waals surface area contributed by atoms with Gasteiger partial charge in [0.15, 0.2) is 0 Å². The Morgan fingerprint density at radius 1 is 0.829 bits per heavy atom. The van der Waals surface area contributed by atoms with E-state index in [4.69, 9.17) is 23.2 Å². The topological polar surface area (TPSA) is 66.5 Å². The van der Waals surface area contributed by atoms with Crippen LogP contribution < -0.4 is 5.32 Å². The fraction of sp³-hybridized carbons (Fsp3) is 0.250. The number of hydrogen-bond donors (Lipinski definition) is 1. The molecule has 0 aromatic heterocycles. The third-order valence-electron chi connectivity index (χ3n) is 7.65. The molecule has 0 spiro atoms. The molecule has 1 N–H and O–H groups in total. The summed E-state index contributed by atoms with van der Waals surface area (Å²) in [5, 5.41) is 2.84. The van der Waals surface area contributed by atoms with Gasteiger partial charge in [-0.05, 0) is 53.3 Å². The average molecular weight is 505 g/mol. The summed E-state index contributed by atoms with van der Waals surface area (Å²) in [6.07, 6.45) is 0. The third-order valence-corrected chi connectivity index (χ3v) is 8.93. The molecule has 1 fully saturated rings. The molecule has 0 saturated carbocycles. The maximum absolute atomic E-state index is 13.8. The Morgan fingerprint density at radius 3 is 1.74 bits per heavy atom. The zero-order valence-corrected chi connectivity index (χ0v) is 20.7. The Hall–Kier alpha value is -3.15. The van der Waals surface area contributed by atoms with Crippen molar-refractivity contribution in [3.8, 4) is 0 Å². The van der Waals surface area contributed by atoms with Gasteiger partial charge in [0.05, 0.1) is 11.8 Å². The van der Waals surface area contributed by atoms with Crippen molar-refractivity contribution in [2.75, 3.05) is 11.9 Å². The van der Waals surface area contributed by atoms with Crippen LogP contribution in [0.4, 0.5) is 5.69 Å². The second-order valence-electron chi connectivity index (χ2n) is 9.60. The fourth-order valence-corrected chi connectivity index (χ4v) is 7.18. The minimum Gasteiger partial charge on any atom is -0.324 e. The van der Waals surface area contributed by atoms with E-state index in [1.807, 2.05) is 80.6 Å². The number of anilines is 1. The average Bonchev–Trinajstić information content (AvgIpc) is 3.10. The van der Waals surface area contributed by atoms with Crippen LogP contribution in [-0.4, -0.2) is 29.2 Å². The van der Waals surface area contributed by atoms with E-state index in [1.165, 1.54) is 0 Å². The fourth-order valence-electron chi connectivity index (χ4n) is 6.08. The lowest BCUT2D eigenvalue weighted by Gasteiger charge is -2.54. The van der Waals surface area contributed by atoms with E-state index < -0.39 is 45.9 Å². The van der Waals surface area contributed by atoms with E-state index in [0.29, 0.717) is 5.69 Å². The van der Waals surface area contributed by atoms with Gasteiger partial charge in [-0.2, -0.15) is 0 Å². The number of imide groups is 1. The molecule has 7 heteroatoms. The summed E-state index contributed by atoms with van der Waals surface area (Å²) in [5.74, 6) is -3.21. The SMILES string of the molecule is Cc1ccc(C)c(NC(=O)CN2C(=O)[C@@H]3[C@H](C2=O)C2(Cl)c4ccccc4C3(Cl)c3ccccc32)c1. The van der Waals surface area contributed by atoms with Crippen molar-refractivity contribution in [2.24, 2.45) is 11.8 Å². The Labute approximate surface area is 213 Å². The zero-order valence-electron chi connectivity index (χ0n) is 19.1. The Balaban J connectivity index is 1.42. The second-order valence-corrected chi connectivity index (χ2v) is 10.8. The van der Waals surface area contributed by atoms with Crippen LogP contribution in [0.5, 0.6) is 0 Å². The molecule has 1 aliphatic heterocycles. The van der Waals surface area contributed by atoms with Gasteiger partial charge in [0.2, 0.25) is 17.7 Å². The molecular weight excluding hydrogens is 483 g/mol. The van der Waals surface area contributed by atoms with Gasteiger partial charge in [-0.25, -0.2) is 0 Å². The number of halogens is 2. The van der Waals surface area contributed by atoms with Crippen LogP contribution in [0.25, 0.3) is 0 Å². The summed E-state index contributed by atoms with van der Waals surface area (Å²) in [6, 6.07) is 20.7. The molecule has 7 rings (SSSR count). The number of benzene rings is 3. The Morgan fingerprint density at radius 2 is 1.29 bits per heavy atom. The Kier molecular flexibility index (Phi) is 4.73. The van der Waals surface area contributed by atoms with Gasteiger partial charge in [0.1, 0.15) is 16.3 Å². The first-order valence-electron chi connectivity index (χ1n) is 11.5. The molecular formula is C28H22Cl2N2O3. The van der Waals surface area contributed by atoms with E-state index in [0.717, 1.165) is 38.3 Å².